The molecule has 0 aliphatic rings. The number of nitrogens with zero attached hydrogens (tertiary/aromatic N) is 2. The van der Waals surface area contributed by atoms with Crippen LogP contribution in [-0.4, -0.2) is 9.38 Å². The van der Waals surface area contributed by atoms with Crippen LogP contribution >= 0.6 is 11.6 Å². The van der Waals surface area contributed by atoms with Crippen molar-refractivity contribution in [1.29, 1.82) is 0 Å². The summed E-state index contributed by atoms with van der Waals surface area (Å²) in [5.74, 6) is 0. The maximum absolute atomic E-state index is 13.5. The first-order chi connectivity index (χ1) is 13.3. The summed E-state index contributed by atoms with van der Waals surface area (Å²) in [5, 5.41) is 0.590. The van der Waals surface area contributed by atoms with Crippen LogP contribution in [0.3, 0.4) is 0 Å². The van der Waals surface area contributed by atoms with Gasteiger partial charge in [-0.25, -0.2) is 4.98 Å². The smallest absolute Gasteiger partial charge is 0.303 e. The predicted octanol–water partition coefficient (Wildman–Crippen LogP) is 6.57. The summed E-state index contributed by atoms with van der Waals surface area (Å²) in [6.45, 7) is 1.94. The second-order valence-electron chi connectivity index (χ2n) is 6.68. The van der Waals surface area contributed by atoms with E-state index < -0.39 is 11.7 Å². The van der Waals surface area contributed by atoms with Crippen LogP contribution in [0, 0.1) is 6.92 Å². The highest BCUT2D eigenvalue weighted by atomic mass is 35.5. The Balaban J connectivity index is 1.92. The fourth-order valence-corrected chi connectivity index (χ4v) is 3.46. The van der Waals surface area contributed by atoms with Crippen molar-refractivity contribution in [3.05, 3.63) is 94.3 Å². The van der Waals surface area contributed by atoms with Gasteiger partial charge in [0, 0.05) is 23.2 Å². The van der Waals surface area contributed by atoms with Crippen LogP contribution in [0.15, 0.2) is 66.9 Å². The van der Waals surface area contributed by atoms with E-state index in [2.05, 4.69) is 4.98 Å². The Morgan fingerprint density at radius 3 is 2.39 bits per heavy atom. The molecule has 2 aromatic carbocycles. The molecule has 4 rings (SSSR count). The minimum Gasteiger partial charge on any atom is -0.303 e. The minimum atomic E-state index is -4.41. The molecular weight excluding hydrogens is 385 g/mol. The third-order valence-electron chi connectivity index (χ3n) is 4.66. The van der Waals surface area contributed by atoms with Gasteiger partial charge < -0.3 is 4.40 Å². The van der Waals surface area contributed by atoms with Crippen LogP contribution in [0.5, 0.6) is 0 Å². The summed E-state index contributed by atoms with van der Waals surface area (Å²) in [7, 11) is 0. The Morgan fingerprint density at radius 2 is 1.68 bits per heavy atom. The van der Waals surface area contributed by atoms with E-state index in [0.717, 1.165) is 17.2 Å². The van der Waals surface area contributed by atoms with Crippen LogP contribution in [0.2, 0.25) is 5.02 Å². The largest absolute Gasteiger partial charge is 0.416 e. The molecule has 142 valence electrons. The van der Waals surface area contributed by atoms with Gasteiger partial charge >= 0.3 is 6.18 Å². The normalized spacial score (nSPS) is 11.9. The Kier molecular flexibility index (Phi) is 4.63. The number of hydrogen-bond donors (Lipinski definition) is 0. The molecule has 2 aromatic heterocycles. The summed E-state index contributed by atoms with van der Waals surface area (Å²) < 4.78 is 42.3. The van der Waals surface area contributed by atoms with E-state index in [1.807, 2.05) is 41.8 Å². The third kappa shape index (κ3) is 3.50. The van der Waals surface area contributed by atoms with E-state index >= 15 is 0 Å². The number of benzene rings is 2. The molecule has 28 heavy (non-hydrogen) atoms. The van der Waals surface area contributed by atoms with Crippen molar-refractivity contribution < 1.29 is 13.2 Å². The molecule has 0 aliphatic carbocycles. The zero-order chi connectivity index (χ0) is 19.9. The molecule has 0 saturated carbocycles. The lowest BCUT2D eigenvalue weighted by atomic mass is 9.99. The highest BCUT2D eigenvalue weighted by molar-refractivity contribution is 6.30. The van der Waals surface area contributed by atoms with Gasteiger partial charge in [-0.3, -0.25) is 0 Å². The summed E-state index contributed by atoms with van der Waals surface area (Å²) >= 11 is 5.99. The lowest BCUT2D eigenvalue weighted by Crippen LogP contribution is -2.10. The van der Waals surface area contributed by atoms with E-state index in [-0.39, 0.29) is 12.0 Å². The topological polar surface area (TPSA) is 17.3 Å². The van der Waals surface area contributed by atoms with Gasteiger partial charge in [-0.15, -0.1) is 0 Å². The van der Waals surface area contributed by atoms with Crippen molar-refractivity contribution in [2.24, 2.45) is 0 Å². The molecule has 4 aromatic rings. The van der Waals surface area contributed by atoms with Crippen molar-refractivity contribution in [3.8, 4) is 11.3 Å². The zero-order valence-electron chi connectivity index (χ0n) is 15.0. The van der Waals surface area contributed by atoms with Gasteiger partial charge in [0.15, 0.2) is 0 Å². The van der Waals surface area contributed by atoms with Gasteiger partial charge in [0.05, 0.1) is 17.0 Å². The van der Waals surface area contributed by atoms with E-state index in [4.69, 9.17) is 11.6 Å². The van der Waals surface area contributed by atoms with Gasteiger partial charge in [-0.1, -0.05) is 48.0 Å². The average Bonchev–Trinajstić information content (AvgIpc) is 3.00. The van der Waals surface area contributed by atoms with Crippen LogP contribution in [0.4, 0.5) is 13.2 Å². The van der Waals surface area contributed by atoms with E-state index in [1.54, 1.807) is 18.2 Å². The number of rotatable bonds is 3. The second kappa shape index (κ2) is 6.99. The minimum absolute atomic E-state index is 0.109. The average molecular weight is 401 g/mol. The van der Waals surface area contributed by atoms with E-state index in [9.17, 15) is 13.2 Å². The SMILES string of the molecule is Cc1ccc2nc(-c3ccc(Cl)cc3)c(Cc3ccccc3C(F)(F)F)n2c1. The van der Waals surface area contributed by atoms with Crippen molar-refractivity contribution in [2.75, 3.05) is 0 Å². The number of hydrogen-bond acceptors (Lipinski definition) is 1. The number of aromatic nitrogens is 2. The second-order valence-corrected chi connectivity index (χ2v) is 7.12. The maximum Gasteiger partial charge on any atom is 0.416 e. The summed E-state index contributed by atoms with van der Waals surface area (Å²) in [4.78, 5) is 4.68. The molecule has 0 radical (unpaired) electrons. The summed E-state index contributed by atoms with van der Waals surface area (Å²) in [5.41, 5.74) is 3.45. The molecule has 0 bridgehead atoms. The first-order valence-corrected chi connectivity index (χ1v) is 9.09. The number of imidazole rings is 1. The van der Waals surface area contributed by atoms with Crippen LogP contribution in [0.1, 0.15) is 22.4 Å². The molecule has 0 saturated heterocycles. The van der Waals surface area contributed by atoms with Gasteiger partial charge in [-0.2, -0.15) is 13.2 Å². The highest BCUT2D eigenvalue weighted by Crippen LogP contribution is 2.35. The molecule has 0 fully saturated rings. The highest BCUT2D eigenvalue weighted by Gasteiger charge is 2.33. The van der Waals surface area contributed by atoms with Gasteiger partial charge in [0.1, 0.15) is 5.65 Å². The molecule has 0 amide bonds. The number of aryl methyl sites for hydroxylation is 1. The van der Waals surface area contributed by atoms with Crippen LogP contribution in [-0.2, 0) is 12.6 Å². The summed E-state index contributed by atoms with van der Waals surface area (Å²) in [6.07, 6.45) is -2.40. The van der Waals surface area contributed by atoms with Gasteiger partial charge in [0.2, 0.25) is 0 Å². The Morgan fingerprint density at radius 1 is 0.964 bits per heavy atom. The van der Waals surface area contributed by atoms with E-state index in [1.165, 1.54) is 12.1 Å². The summed E-state index contributed by atoms with van der Waals surface area (Å²) in [6, 6.07) is 16.6. The van der Waals surface area contributed by atoms with E-state index in [0.29, 0.717) is 22.1 Å². The maximum atomic E-state index is 13.5. The lowest BCUT2D eigenvalue weighted by molar-refractivity contribution is -0.138. The number of pyridine rings is 1. The molecule has 0 unspecified atom stereocenters. The van der Waals surface area contributed by atoms with Crippen LogP contribution in [0.25, 0.3) is 16.9 Å². The van der Waals surface area contributed by atoms with Crippen molar-refractivity contribution in [3.63, 3.8) is 0 Å². The molecule has 2 nitrogen and oxygen atoms in total. The molecule has 0 spiro atoms. The molecule has 0 N–H and O–H groups in total. The number of alkyl halides is 3. The Labute approximate surface area is 165 Å². The fourth-order valence-electron chi connectivity index (χ4n) is 3.34. The Hall–Kier alpha value is -2.79. The van der Waals surface area contributed by atoms with Crippen molar-refractivity contribution in [1.82, 2.24) is 9.38 Å². The quantitative estimate of drug-likeness (QED) is 0.380. The molecule has 6 heteroatoms. The number of halogens is 4. The number of fused-ring (bicyclic) bond motifs is 1. The Bertz CT molecular complexity index is 1140. The first kappa shape index (κ1) is 18.6. The zero-order valence-corrected chi connectivity index (χ0v) is 15.7. The lowest BCUT2D eigenvalue weighted by Gasteiger charge is -2.13. The first-order valence-electron chi connectivity index (χ1n) is 8.71. The molecule has 0 aliphatic heterocycles. The van der Waals surface area contributed by atoms with Crippen LogP contribution < -0.4 is 0 Å². The van der Waals surface area contributed by atoms with Gasteiger partial charge in [0.25, 0.3) is 0 Å². The van der Waals surface area contributed by atoms with Crippen molar-refractivity contribution >= 4 is 17.2 Å². The van der Waals surface area contributed by atoms with Crippen molar-refractivity contribution in [2.45, 2.75) is 19.5 Å². The van der Waals surface area contributed by atoms with Gasteiger partial charge in [-0.05, 0) is 42.3 Å². The fraction of sp³-hybridized carbons (Fsp3) is 0.136. The molecule has 0 atom stereocenters. The predicted molar refractivity (Wildman–Crippen MR) is 105 cm³/mol. The standard InChI is InChI=1S/C22H16ClF3N2/c1-14-6-11-20-27-21(15-7-9-17(23)10-8-15)19(28(20)13-14)12-16-4-2-3-5-18(16)22(24,25)26/h2-11,13H,12H2,1H3. The molecular formula is C22H16ClF3N2. The third-order valence-corrected chi connectivity index (χ3v) is 4.92. The molecule has 2 heterocycles. The monoisotopic (exact) mass is 400 g/mol.